The molecule has 0 aromatic rings. The number of carbonyl (C=O) groups is 1. The number of carbonyl (C=O) groups excluding carboxylic acids is 1. The lowest BCUT2D eigenvalue weighted by Crippen LogP contribution is -2.39. The van der Waals surface area contributed by atoms with E-state index in [-0.39, 0.29) is 12.0 Å². The van der Waals surface area contributed by atoms with Gasteiger partial charge >= 0.3 is 0 Å². The van der Waals surface area contributed by atoms with Crippen LogP contribution in [-0.4, -0.2) is 48.3 Å². The Kier molecular flexibility index (Phi) is 5.83. The zero-order valence-electron chi connectivity index (χ0n) is 10.4. The molecule has 0 heterocycles. The van der Waals surface area contributed by atoms with Crippen LogP contribution in [0.4, 0.5) is 0 Å². The summed E-state index contributed by atoms with van der Waals surface area (Å²) in [6, 6.07) is 0. The first-order valence-electron chi connectivity index (χ1n) is 5.25. The minimum absolute atomic E-state index is 0.0426. The molecule has 0 rings (SSSR count). The Morgan fingerprint density at radius 1 is 1.53 bits per heavy atom. The average molecular weight is 217 g/mol. The molecule has 1 atom stereocenters. The highest BCUT2D eigenvalue weighted by Gasteiger charge is 2.19. The van der Waals surface area contributed by atoms with Crippen molar-refractivity contribution in [2.24, 2.45) is 0 Å². The Balaban J connectivity index is 3.90. The molecule has 1 amide bonds. The van der Waals surface area contributed by atoms with E-state index >= 15 is 0 Å². The molecular weight excluding hydrogens is 194 g/mol. The zero-order chi connectivity index (χ0) is 12.1. The first-order valence-corrected chi connectivity index (χ1v) is 5.25. The van der Waals surface area contributed by atoms with Crippen molar-refractivity contribution in [3.8, 4) is 0 Å². The third kappa shape index (κ3) is 7.33. The molecule has 4 nitrogen and oxygen atoms in total. The smallest absolute Gasteiger partial charge is 0.222 e. The van der Waals surface area contributed by atoms with Crippen molar-refractivity contribution in [2.75, 3.05) is 20.7 Å². The molecule has 0 spiro atoms. The fourth-order valence-corrected chi connectivity index (χ4v) is 1.30. The van der Waals surface area contributed by atoms with Crippen LogP contribution in [0.2, 0.25) is 0 Å². The molecule has 0 aromatic carbocycles. The second kappa shape index (κ2) is 6.08. The third-order valence-corrected chi connectivity index (χ3v) is 2.22. The Morgan fingerprint density at radius 2 is 2.07 bits per heavy atom. The number of likely N-dealkylation sites (N-methyl/N-ethyl adjacent to an activating group) is 1. The van der Waals surface area contributed by atoms with Gasteiger partial charge in [-0.1, -0.05) is 0 Å². The Morgan fingerprint density at radius 3 is 2.47 bits per heavy atom. The second-order valence-corrected chi connectivity index (χ2v) is 4.65. The lowest BCUT2D eigenvalue weighted by molar-refractivity contribution is -0.133. The van der Waals surface area contributed by atoms with E-state index in [9.17, 15) is 9.90 Å². The molecular formula is C11H23NO3. The summed E-state index contributed by atoms with van der Waals surface area (Å²) in [7, 11) is 3.34. The summed E-state index contributed by atoms with van der Waals surface area (Å²) in [5, 5.41) is 9.54. The van der Waals surface area contributed by atoms with Crippen molar-refractivity contribution in [1.82, 2.24) is 4.90 Å². The zero-order valence-corrected chi connectivity index (χ0v) is 10.4. The van der Waals surface area contributed by atoms with E-state index in [4.69, 9.17) is 4.74 Å². The van der Waals surface area contributed by atoms with Crippen LogP contribution in [0.25, 0.3) is 0 Å². The second-order valence-electron chi connectivity index (χ2n) is 4.65. The van der Waals surface area contributed by atoms with Crippen molar-refractivity contribution < 1.29 is 14.6 Å². The van der Waals surface area contributed by atoms with E-state index < -0.39 is 5.60 Å². The van der Waals surface area contributed by atoms with Gasteiger partial charge in [0, 0.05) is 27.1 Å². The van der Waals surface area contributed by atoms with Gasteiger partial charge < -0.3 is 14.7 Å². The molecule has 0 aliphatic heterocycles. The summed E-state index contributed by atoms with van der Waals surface area (Å²) in [4.78, 5) is 13.2. The molecule has 0 aliphatic rings. The Hall–Kier alpha value is -0.610. The van der Waals surface area contributed by atoms with Crippen LogP contribution in [0.1, 0.15) is 33.6 Å². The number of nitrogens with zero attached hydrogens (tertiary/aromatic N) is 1. The highest BCUT2D eigenvalue weighted by atomic mass is 16.5. The maximum absolute atomic E-state index is 11.6. The van der Waals surface area contributed by atoms with Crippen LogP contribution >= 0.6 is 0 Å². The van der Waals surface area contributed by atoms with Gasteiger partial charge in [-0.25, -0.2) is 0 Å². The number of ether oxygens (including phenoxy) is 1. The van der Waals surface area contributed by atoms with E-state index in [1.807, 2.05) is 6.92 Å². The number of hydrogen-bond acceptors (Lipinski definition) is 3. The highest BCUT2D eigenvalue weighted by Crippen LogP contribution is 2.07. The molecule has 0 saturated heterocycles. The number of hydrogen-bond donors (Lipinski definition) is 1. The molecule has 1 unspecified atom stereocenters. The van der Waals surface area contributed by atoms with Crippen LogP contribution in [-0.2, 0) is 9.53 Å². The Labute approximate surface area is 92.2 Å². The van der Waals surface area contributed by atoms with Gasteiger partial charge in [0.15, 0.2) is 0 Å². The molecule has 90 valence electrons. The first kappa shape index (κ1) is 14.4. The van der Waals surface area contributed by atoms with Gasteiger partial charge in [0.05, 0.1) is 11.7 Å². The van der Waals surface area contributed by atoms with Crippen LogP contribution < -0.4 is 0 Å². The van der Waals surface area contributed by atoms with E-state index in [0.29, 0.717) is 19.4 Å². The molecule has 0 saturated carbocycles. The number of amides is 1. The lowest BCUT2D eigenvalue weighted by Gasteiger charge is -2.25. The van der Waals surface area contributed by atoms with Crippen molar-refractivity contribution in [3.05, 3.63) is 0 Å². The maximum Gasteiger partial charge on any atom is 0.222 e. The average Bonchev–Trinajstić information content (AvgIpc) is 2.10. The quantitative estimate of drug-likeness (QED) is 0.723. The van der Waals surface area contributed by atoms with E-state index in [0.717, 1.165) is 0 Å². The summed E-state index contributed by atoms with van der Waals surface area (Å²) in [6.45, 7) is 5.67. The van der Waals surface area contributed by atoms with Gasteiger partial charge in [-0.05, 0) is 27.2 Å². The Bertz CT molecular complexity index is 198. The van der Waals surface area contributed by atoms with Gasteiger partial charge in [-0.2, -0.15) is 0 Å². The molecule has 0 aromatic heterocycles. The van der Waals surface area contributed by atoms with Crippen molar-refractivity contribution in [1.29, 1.82) is 0 Å². The largest absolute Gasteiger partial charge is 0.389 e. The van der Waals surface area contributed by atoms with Gasteiger partial charge in [-0.15, -0.1) is 0 Å². The van der Waals surface area contributed by atoms with Crippen molar-refractivity contribution in [2.45, 2.75) is 45.3 Å². The molecule has 0 bridgehead atoms. The minimum Gasteiger partial charge on any atom is -0.389 e. The summed E-state index contributed by atoms with van der Waals surface area (Å²) in [5.74, 6) is 0.0426. The monoisotopic (exact) mass is 217 g/mol. The third-order valence-electron chi connectivity index (χ3n) is 2.22. The predicted octanol–water partition coefficient (Wildman–Crippen LogP) is 1.03. The standard InChI is InChI=1S/C11H23NO3/c1-9(15-5)6-7-10(13)12(4)8-11(2,3)14/h9,14H,6-8H2,1-5H3. The minimum atomic E-state index is -0.836. The van der Waals surface area contributed by atoms with Crippen molar-refractivity contribution in [3.63, 3.8) is 0 Å². The van der Waals surface area contributed by atoms with Gasteiger partial charge in [0.1, 0.15) is 0 Å². The van der Waals surface area contributed by atoms with Crippen molar-refractivity contribution >= 4 is 5.91 Å². The van der Waals surface area contributed by atoms with E-state index in [1.54, 1.807) is 32.9 Å². The van der Waals surface area contributed by atoms with Gasteiger partial charge in [0.25, 0.3) is 0 Å². The predicted molar refractivity (Wildman–Crippen MR) is 59.6 cm³/mol. The molecule has 1 N–H and O–H groups in total. The summed E-state index contributed by atoms with van der Waals surface area (Å²) in [6.07, 6.45) is 1.28. The number of rotatable bonds is 6. The SMILES string of the molecule is COC(C)CCC(=O)N(C)CC(C)(C)O. The highest BCUT2D eigenvalue weighted by molar-refractivity contribution is 5.75. The maximum atomic E-state index is 11.6. The van der Waals surface area contributed by atoms with E-state index in [2.05, 4.69) is 0 Å². The van der Waals surface area contributed by atoms with Gasteiger partial charge in [-0.3, -0.25) is 4.79 Å². The van der Waals surface area contributed by atoms with Crippen LogP contribution in [0.5, 0.6) is 0 Å². The lowest BCUT2D eigenvalue weighted by atomic mass is 10.1. The fraction of sp³-hybridized carbons (Fsp3) is 0.909. The van der Waals surface area contributed by atoms with Crippen LogP contribution in [0.3, 0.4) is 0 Å². The topological polar surface area (TPSA) is 49.8 Å². The number of methoxy groups -OCH3 is 1. The van der Waals surface area contributed by atoms with Gasteiger partial charge in [0.2, 0.25) is 5.91 Å². The fourth-order valence-electron chi connectivity index (χ4n) is 1.30. The summed E-state index contributed by atoms with van der Waals surface area (Å²) in [5.41, 5.74) is -0.836. The molecule has 0 radical (unpaired) electrons. The molecule has 4 heteroatoms. The van der Waals surface area contributed by atoms with E-state index in [1.165, 1.54) is 0 Å². The summed E-state index contributed by atoms with van der Waals surface area (Å²) < 4.78 is 5.06. The van der Waals surface area contributed by atoms with Crippen LogP contribution in [0, 0.1) is 0 Å². The number of aliphatic hydroxyl groups is 1. The molecule has 15 heavy (non-hydrogen) atoms. The molecule has 0 aliphatic carbocycles. The molecule has 0 fully saturated rings. The normalized spacial score (nSPS) is 13.7. The van der Waals surface area contributed by atoms with Crippen LogP contribution in [0.15, 0.2) is 0 Å². The first-order chi connectivity index (χ1) is 6.76. The summed E-state index contributed by atoms with van der Waals surface area (Å²) >= 11 is 0.